The Kier molecular flexibility index (Phi) is 4.92. The highest BCUT2D eigenvalue weighted by Gasteiger charge is 2.19. The molecule has 0 saturated carbocycles. The van der Waals surface area contributed by atoms with Gasteiger partial charge in [-0.25, -0.2) is 5.43 Å². The van der Waals surface area contributed by atoms with Crippen LogP contribution >= 0.6 is 0 Å². The van der Waals surface area contributed by atoms with E-state index in [9.17, 15) is 14.7 Å². The Bertz CT molecular complexity index is 552. The number of aryl methyl sites for hydroxylation is 1. The number of phenols is 1. The lowest BCUT2D eigenvalue weighted by Gasteiger charge is -2.16. The molecule has 0 radical (unpaired) electrons. The Labute approximate surface area is 123 Å². The monoisotopic (exact) mass is 289 g/mol. The lowest BCUT2D eigenvalue weighted by molar-refractivity contribution is -0.121. The highest BCUT2D eigenvalue weighted by molar-refractivity contribution is 6.39. The largest absolute Gasteiger partial charge is 0.508 e. The van der Waals surface area contributed by atoms with Crippen LogP contribution in [-0.4, -0.2) is 28.7 Å². The molecule has 21 heavy (non-hydrogen) atoms. The first-order valence-electron chi connectivity index (χ1n) is 6.99. The van der Waals surface area contributed by atoms with E-state index in [1.807, 2.05) is 19.1 Å². The molecule has 1 aliphatic heterocycles. The SMILES string of the molecule is CC(CCc1ccc(O)cc1)NC(=O)C1=NNC(=O)CC1. The second kappa shape index (κ2) is 6.88. The molecular formula is C15H19N3O3. The van der Waals surface area contributed by atoms with E-state index in [1.165, 1.54) is 0 Å². The van der Waals surface area contributed by atoms with Gasteiger partial charge in [-0.05, 0) is 37.5 Å². The number of carbonyl (C=O) groups is 2. The van der Waals surface area contributed by atoms with Gasteiger partial charge in [-0.3, -0.25) is 9.59 Å². The number of aromatic hydroxyl groups is 1. The molecule has 112 valence electrons. The molecule has 1 unspecified atom stereocenters. The van der Waals surface area contributed by atoms with Crippen molar-refractivity contribution >= 4 is 17.5 Å². The van der Waals surface area contributed by atoms with Gasteiger partial charge < -0.3 is 10.4 Å². The molecule has 1 aromatic rings. The van der Waals surface area contributed by atoms with Gasteiger partial charge in [0.15, 0.2) is 0 Å². The Morgan fingerprint density at radius 2 is 2.10 bits per heavy atom. The number of phenolic OH excluding ortho intramolecular Hbond substituents is 1. The minimum Gasteiger partial charge on any atom is -0.508 e. The summed E-state index contributed by atoms with van der Waals surface area (Å²) in [6, 6.07) is 7.04. The Morgan fingerprint density at radius 3 is 2.71 bits per heavy atom. The number of hydrogen-bond acceptors (Lipinski definition) is 4. The van der Waals surface area contributed by atoms with E-state index in [0.29, 0.717) is 18.6 Å². The predicted octanol–water partition coefficient (Wildman–Crippen LogP) is 1.10. The summed E-state index contributed by atoms with van der Waals surface area (Å²) in [6.45, 7) is 1.93. The van der Waals surface area contributed by atoms with Crippen molar-refractivity contribution in [1.29, 1.82) is 0 Å². The third-order valence-corrected chi connectivity index (χ3v) is 3.35. The number of nitrogens with zero attached hydrogens (tertiary/aromatic N) is 1. The first kappa shape index (κ1) is 15.0. The maximum absolute atomic E-state index is 11.9. The molecular weight excluding hydrogens is 270 g/mol. The third-order valence-electron chi connectivity index (χ3n) is 3.35. The van der Waals surface area contributed by atoms with Crippen LogP contribution in [0.15, 0.2) is 29.4 Å². The third kappa shape index (κ3) is 4.59. The van der Waals surface area contributed by atoms with Crippen LogP contribution in [0.5, 0.6) is 5.75 Å². The van der Waals surface area contributed by atoms with E-state index in [2.05, 4.69) is 15.8 Å². The smallest absolute Gasteiger partial charge is 0.267 e. The number of hydrazone groups is 1. The zero-order valence-electron chi connectivity index (χ0n) is 11.9. The van der Waals surface area contributed by atoms with Gasteiger partial charge in [-0.15, -0.1) is 0 Å². The standard InChI is InChI=1S/C15H19N3O3/c1-10(2-3-11-4-6-12(19)7-5-11)16-15(21)13-8-9-14(20)18-17-13/h4-7,10,19H,2-3,8-9H2,1H3,(H,16,21)(H,18,20). The van der Waals surface area contributed by atoms with E-state index >= 15 is 0 Å². The van der Waals surface area contributed by atoms with E-state index in [-0.39, 0.29) is 23.6 Å². The molecule has 3 N–H and O–H groups in total. The molecule has 0 aromatic heterocycles. The van der Waals surface area contributed by atoms with Crippen molar-refractivity contribution in [1.82, 2.24) is 10.7 Å². The van der Waals surface area contributed by atoms with Crippen LogP contribution in [0.4, 0.5) is 0 Å². The number of carbonyl (C=O) groups excluding carboxylic acids is 2. The fourth-order valence-corrected chi connectivity index (χ4v) is 2.06. The number of rotatable bonds is 5. The molecule has 6 heteroatoms. The van der Waals surface area contributed by atoms with Crippen molar-refractivity contribution in [3.63, 3.8) is 0 Å². The Balaban J connectivity index is 1.78. The van der Waals surface area contributed by atoms with Crippen molar-refractivity contribution < 1.29 is 14.7 Å². The highest BCUT2D eigenvalue weighted by Crippen LogP contribution is 2.12. The number of benzene rings is 1. The van der Waals surface area contributed by atoms with Crippen molar-refractivity contribution in [3.05, 3.63) is 29.8 Å². The fraction of sp³-hybridized carbons (Fsp3) is 0.400. The summed E-state index contributed by atoms with van der Waals surface area (Å²) >= 11 is 0. The van der Waals surface area contributed by atoms with Gasteiger partial charge in [-0.2, -0.15) is 5.10 Å². The van der Waals surface area contributed by atoms with Crippen LogP contribution in [0.3, 0.4) is 0 Å². The van der Waals surface area contributed by atoms with Gasteiger partial charge in [0.2, 0.25) is 5.91 Å². The van der Waals surface area contributed by atoms with Gasteiger partial charge in [0.1, 0.15) is 11.5 Å². The predicted molar refractivity (Wildman–Crippen MR) is 78.8 cm³/mol. The summed E-state index contributed by atoms with van der Waals surface area (Å²) in [5.41, 5.74) is 3.79. The van der Waals surface area contributed by atoms with Gasteiger partial charge in [0.05, 0.1) is 0 Å². The maximum atomic E-state index is 11.9. The summed E-state index contributed by atoms with van der Waals surface area (Å²) in [7, 11) is 0. The zero-order chi connectivity index (χ0) is 15.2. The summed E-state index contributed by atoms with van der Waals surface area (Å²) in [4.78, 5) is 22.9. The van der Waals surface area contributed by atoms with E-state index in [0.717, 1.165) is 18.4 Å². The highest BCUT2D eigenvalue weighted by atomic mass is 16.3. The first-order chi connectivity index (χ1) is 10.0. The number of nitrogens with one attached hydrogen (secondary N) is 2. The minimum atomic E-state index is -0.229. The van der Waals surface area contributed by atoms with E-state index < -0.39 is 0 Å². The molecule has 1 aliphatic rings. The number of amides is 2. The molecule has 1 heterocycles. The molecule has 0 bridgehead atoms. The molecule has 0 aliphatic carbocycles. The lowest BCUT2D eigenvalue weighted by atomic mass is 10.1. The molecule has 1 atom stereocenters. The molecule has 1 aromatic carbocycles. The van der Waals surface area contributed by atoms with Gasteiger partial charge >= 0.3 is 0 Å². The Hall–Kier alpha value is -2.37. The van der Waals surface area contributed by atoms with Crippen LogP contribution in [0.25, 0.3) is 0 Å². The molecule has 2 amide bonds. The molecule has 0 spiro atoms. The van der Waals surface area contributed by atoms with E-state index in [1.54, 1.807) is 12.1 Å². The lowest BCUT2D eigenvalue weighted by Crippen LogP contribution is -2.41. The summed E-state index contributed by atoms with van der Waals surface area (Å²) in [5.74, 6) is -0.141. The normalized spacial score (nSPS) is 15.9. The average Bonchev–Trinajstić information content (AvgIpc) is 2.47. The quantitative estimate of drug-likeness (QED) is 0.758. The molecule has 0 saturated heterocycles. The molecule has 6 nitrogen and oxygen atoms in total. The summed E-state index contributed by atoms with van der Waals surface area (Å²) < 4.78 is 0. The van der Waals surface area contributed by atoms with Gasteiger partial charge in [0.25, 0.3) is 5.91 Å². The van der Waals surface area contributed by atoms with Crippen molar-refractivity contribution in [2.45, 2.75) is 38.6 Å². The second-order valence-electron chi connectivity index (χ2n) is 5.17. The van der Waals surface area contributed by atoms with Crippen molar-refractivity contribution in [2.75, 3.05) is 0 Å². The van der Waals surface area contributed by atoms with Crippen LogP contribution in [0, 0.1) is 0 Å². The fourth-order valence-electron chi connectivity index (χ4n) is 2.06. The minimum absolute atomic E-state index is 0.00614. The maximum Gasteiger partial charge on any atom is 0.267 e. The zero-order valence-corrected chi connectivity index (χ0v) is 11.9. The van der Waals surface area contributed by atoms with Crippen molar-refractivity contribution in [3.8, 4) is 5.75 Å². The molecule has 2 rings (SSSR count). The molecule has 0 fully saturated rings. The average molecular weight is 289 g/mol. The van der Waals surface area contributed by atoms with Crippen LogP contribution < -0.4 is 10.7 Å². The van der Waals surface area contributed by atoms with Crippen LogP contribution in [0.1, 0.15) is 31.7 Å². The number of hydrogen-bond donors (Lipinski definition) is 3. The summed E-state index contributed by atoms with van der Waals surface area (Å²) in [5, 5.41) is 15.9. The van der Waals surface area contributed by atoms with Gasteiger partial charge in [-0.1, -0.05) is 12.1 Å². The topological polar surface area (TPSA) is 90.8 Å². The van der Waals surface area contributed by atoms with E-state index in [4.69, 9.17) is 0 Å². The Morgan fingerprint density at radius 1 is 1.38 bits per heavy atom. The van der Waals surface area contributed by atoms with Gasteiger partial charge in [0, 0.05) is 18.9 Å². The van der Waals surface area contributed by atoms with Crippen LogP contribution in [0.2, 0.25) is 0 Å². The van der Waals surface area contributed by atoms with Crippen LogP contribution in [-0.2, 0) is 16.0 Å². The second-order valence-corrected chi connectivity index (χ2v) is 5.17. The van der Waals surface area contributed by atoms with Crippen molar-refractivity contribution in [2.24, 2.45) is 5.10 Å². The first-order valence-corrected chi connectivity index (χ1v) is 6.99. The summed E-state index contributed by atoms with van der Waals surface area (Å²) in [6.07, 6.45) is 2.28.